The van der Waals surface area contributed by atoms with E-state index in [1.165, 1.54) is 18.4 Å². The Bertz CT molecular complexity index is 528. The number of fused-ring (bicyclic) bond motifs is 1. The lowest BCUT2D eigenvalue weighted by Gasteiger charge is -2.22. The number of aromatic nitrogens is 2. The minimum atomic E-state index is 0. The zero-order chi connectivity index (χ0) is 13.0. The van der Waals surface area contributed by atoms with Crippen LogP contribution in [0.3, 0.4) is 0 Å². The number of rotatable bonds is 5. The van der Waals surface area contributed by atoms with Crippen molar-refractivity contribution in [2.24, 2.45) is 0 Å². The molecule has 3 nitrogen and oxygen atoms in total. The molecule has 0 aliphatic heterocycles. The number of anilines is 1. The molecule has 0 aliphatic rings. The van der Waals surface area contributed by atoms with Gasteiger partial charge in [-0.3, -0.25) is 0 Å². The largest absolute Gasteiger partial charge is 1.00 e. The van der Waals surface area contributed by atoms with E-state index in [0.29, 0.717) is 0 Å². The molecule has 0 spiro atoms. The van der Waals surface area contributed by atoms with Crippen molar-refractivity contribution in [1.29, 1.82) is 0 Å². The summed E-state index contributed by atoms with van der Waals surface area (Å²) in [6.45, 7) is 8.56. The van der Waals surface area contributed by atoms with Gasteiger partial charge >= 0.3 is 0 Å². The predicted octanol–water partition coefficient (Wildman–Crippen LogP) is 0.569. The second kappa shape index (κ2) is 7.29. The van der Waals surface area contributed by atoms with Crippen LogP contribution in [-0.4, -0.2) is 23.1 Å². The molecule has 1 heterocycles. The monoisotopic (exact) mass is 278 g/mol. The number of benzene rings is 1. The molecule has 19 heavy (non-hydrogen) atoms. The van der Waals surface area contributed by atoms with Crippen molar-refractivity contribution in [3.05, 3.63) is 30.1 Å². The molecule has 0 bridgehead atoms. The van der Waals surface area contributed by atoms with Crippen LogP contribution in [0, 0.1) is 6.92 Å². The van der Waals surface area contributed by atoms with Gasteiger partial charge in [0.1, 0.15) is 12.1 Å². The van der Waals surface area contributed by atoms with Gasteiger partial charge in [-0.1, -0.05) is 25.0 Å². The Kier molecular flexibility index (Phi) is 6.03. The first-order chi connectivity index (χ1) is 8.76. The molecule has 0 unspecified atom stereocenters. The number of aryl methyl sites for hydroxylation is 1. The van der Waals surface area contributed by atoms with Crippen molar-refractivity contribution in [3.8, 4) is 0 Å². The third kappa shape index (κ3) is 3.57. The van der Waals surface area contributed by atoms with Crippen LogP contribution in [0.2, 0.25) is 0 Å². The molecule has 0 amide bonds. The first-order valence-corrected chi connectivity index (χ1v) is 6.72. The van der Waals surface area contributed by atoms with Gasteiger partial charge in [0.2, 0.25) is 0 Å². The molecular weight excluding hydrogens is 258 g/mol. The van der Waals surface area contributed by atoms with E-state index >= 15 is 0 Å². The third-order valence-electron chi connectivity index (χ3n) is 3.23. The van der Waals surface area contributed by atoms with E-state index in [1.807, 2.05) is 0 Å². The van der Waals surface area contributed by atoms with Crippen LogP contribution < -0.4 is 17.3 Å². The molecule has 0 fully saturated rings. The molecular formula is C15H21ClN3-. The summed E-state index contributed by atoms with van der Waals surface area (Å²) in [5.41, 5.74) is 2.28. The van der Waals surface area contributed by atoms with Crippen LogP contribution >= 0.6 is 0 Å². The van der Waals surface area contributed by atoms with Crippen molar-refractivity contribution in [1.82, 2.24) is 9.97 Å². The average molecular weight is 279 g/mol. The number of halogens is 1. The highest BCUT2D eigenvalue weighted by molar-refractivity contribution is 5.89. The van der Waals surface area contributed by atoms with E-state index < -0.39 is 0 Å². The highest BCUT2D eigenvalue weighted by Gasteiger charge is 2.10. The maximum absolute atomic E-state index is 4.49. The molecule has 1 aromatic heterocycles. The minimum Gasteiger partial charge on any atom is -1.00 e. The van der Waals surface area contributed by atoms with E-state index in [4.69, 9.17) is 0 Å². The zero-order valence-electron chi connectivity index (χ0n) is 11.9. The topological polar surface area (TPSA) is 29.0 Å². The predicted molar refractivity (Wildman–Crippen MR) is 77.1 cm³/mol. The Morgan fingerprint density at radius 2 is 1.95 bits per heavy atom. The van der Waals surface area contributed by atoms with Crippen molar-refractivity contribution in [3.63, 3.8) is 0 Å². The fourth-order valence-corrected chi connectivity index (χ4v) is 2.17. The summed E-state index contributed by atoms with van der Waals surface area (Å²) in [4.78, 5) is 11.2. The maximum Gasteiger partial charge on any atom is 0.139 e. The fourth-order valence-electron chi connectivity index (χ4n) is 2.17. The third-order valence-corrected chi connectivity index (χ3v) is 3.23. The van der Waals surface area contributed by atoms with Crippen molar-refractivity contribution >= 4 is 16.7 Å². The Labute approximate surface area is 121 Å². The number of hydrogen-bond donors (Lipinski definition) is 0. The molecule has 0 saturated carbocycles. The summed E-state index contributed by atoms with van der Waals surface area (Å²) in [5, 5.41) is 1.16. The number of unbranched alkanes of at least 4 members (excludes halogenated alkanes) is 1. The highest BCUT2D eigenvalue weighted by Crippen LogP contribution is 2.24. The van der Waals surface area contributed by atoms with Crippen LogP contribution in [0.15, 0.2) is 24.5 Å². The molecule has 2 rings (SSSR count). The molecule has 0 aliphatic carbocycles. The van der Waals surface area contributed by atoms with Gasteiger partial charge < -0.3 is 17.3 Å². The normalized spacial score (nSPS) is 10.3. The Hall–Kier alpha value is -1.35. The van der Waals surface area contributed by atoms with Gasteiger partial charge in [0, 0.05) is 18.5 Å². The quantitative estimate of drug-likeness (QED) is 0.801. The first-order valence-electron chi connectivity index (χ1n) is 6.72. The van der Waals surface area contributed by atoms with Gasteiger partial charge in [0.05, 0.1) is 5.52 Å². The number of nitrogens with zero attached hydrogens (tertiary/aromatic N) is 3. The van der Waals surface area contributed by atoms with Crippen molar-refractivity contribution in [2.75, 3.05) is 18.0 Å². The lowest BCUT2D eigenvalue weighted by molar-refractivity contribution is -0.00000398. The average Bonchev–Trinajstić information content (AvgIpc) is 2.40. The smallest absolute Gasteiger partial charge is 0.139 e. The van der Waals surface area contributed by atoms with E-state index in [9.17, 15) is 0 Å². The zero-order valence-corrected chi connectivity index (χ0v) is 12.6. The van der Waals surface area contributed by atoms with Crippen LogP contribution in [0.4, 0.5) is 5.82 Å². The van der Waals surface area contributed by atoms with Gasteiger partial charge in [-0.15, -0.1) is 0 Å². The molecule has 2 aromatic rings. The standard InChI is InChI=1S/C15H21N3.ClH/c1-4-6-9-18(5-2)15-13-10-12(3)7-8-14(13)16-11-17-15;/h7-8,10-11H,4-6,9H2,1-3H3;1H/p-1. The molecule has 0 atom stereocenters. The lowest BCUT2D eigenvalue weighted by atomic mass is 10.1. The summed E-state index contributed by atoms with van der Waals surface area (Å²) >= 11 is 0. The van der Waals surface area contributed by atoms with E-state index in [2.05, 4.69) is 53.8 Å². The van der Waals surface area contributed by atoms with Crippen molar-refractivity contribution in [2.45, 2.75) is 33.6 Å². The van der Waals surface area contributed by atoms with E-state index in [1.54, 1.807) is 6.33 Å². The second-order valence-electron chi connectivity index (χ2n) is 4.65. The van der Waals surface area contributed by atoms with E-state index in [-0.39, 0.29) is 12.4 Å². The first kappa shape index (κ1) is 15.7. The summed E-state index contributed by atoms with van der Waals surface area (Å²) in [5.74, 6) is 1.07. The SMILES string of the molecule is CCCCN(CC)c1ncnc2ccc(C)cc12.[Cl-]. The molecule has 0 N–H and O–H groups in total. The minimum absolute atomic E-state index is 0. The fraction of sp³-hybridized carbons (Fsp3) is 0.467. The molecule has 104 valence electrons. The molecule has 0 radical (unpaired) electrons. The summed E-state index contributed by atoms with van der Waals surface area (Å²) in [6.07, 6.45) is 4.07. The molecule has 4 heteroatoms. The van der Waals surface area contributed by atoms with Gasteiger partial charge in [-0.05, 0) is 32.4 Å². The van der Waals surface area contributed by atoms with Gasteiger partial charge in [0.15, 0.2) is 0 Å². The lowest BCUT2D eigenvalue weighted by Crippen LogP contribution is -3.00. The van der Waals surface area contributed by atoms with Gasteiger partial charge in [0.25, 0.3) is 0 Å². The van der Waals surface area contributed by atoms with Crippen LogP contribution in [0.5, 0.6) is 0 Å². The van der Waals surface area contributed by atoms with Gasteiger partial charge in [-0.2, -0.15) is 0 Å². The van der Waals surface area contributed by atoms with E-state index in [0.717, 1.165) is 29.8 Å². The second-order valence-corrected chi connectivity index (χ2v) is 4.65. The summed E-state index contributed by atoms with van der Waals surface area (Å²) < 4.78 is 0. The Balaban J connectivity index is 0.00000180. The van der Waals surface area contributed by atoms with Crippen LogP contribution in [0.25, 0.3) is 10.9 Å². The number of hydrogen-bond acceptors (Lipinski definition) is 3. The summed E-state index contributed by atoms with van der Waals surface area (Å²) in [7, 11) is 0. The van der Waals surface area contributed by atoms with Crippen molar-refractivity contribution < 1.29 is 12.4 Å². The molecule has 1 aromatic carbocycles. The Morgan fingerprint density at radius 3 is 2.63 bits per heavy atom. The Morgan fingerprint density at radius 1 is 1.16 bits per heavy atom. The maximum atomic E-state index is 4.49. The van der Waals surface area contributed by atoms with Crippen LogP contribution in [0.1, 0.15) is 32.3 Å². The van der Waals surface area contributed by atoms with Crippen LogP contribution in [-0.2, 0) is 0 Å². The van der Waals surface area contributed by atoms with Gasteiger partial charge in [-0.25, -0.2) is 9.97 Å². The molecule has 0 saturated heterocycles. The summed E-state index contributed by atoms with van der Waals surface area (Å²) in [6, 6.07) is 6.35. The highest BCUT2D eigenvalue weighted by atomic mass is 35.5.